The Morgan fingerprint density at radius 2 is 1.80 bits per heavy atom. The summed E-state index contributed by atoms with van der Waals surface area (Å²) in [4.78, 5) is 44.4. The quantitative estimate of drug-likeness (QED) is 0.0651. The van der Waals surface area contributed by atoms with E-state index < -0.39 is 19.9 Å². The largest absolute Gasteiger partial charge is 0.493 e. The van der Waals surface area contributed by atoms with Gasteiger partial charge in [-0.1, -0.05) is 32.6 Å². The number of nitrogens with zero attached hydrogens (tertiary/aromatic N) is 4. The van der Waals surface area contributed by atoms with Gasteiger partial charge in [0.25, 0.3) is 5.91 Å². The fourth-order valence-electron chi connectivity index (χ4n) is 4.99. The highest BCUT2D eigenvalue weighted by Gasteiger charge is 2.23. The lowest BCUT2D eigenvalue weighted by Gasteiger charge is -2.20. The summed E-state index contributed by atoms with van der Waals surface area (Å²) in [5, 5.41) is 4.97. The minimum Gasteiger partial charge on any atom is -0.493 e. The van der Waals surface area contributed by atoms with E-state index in [4.69, 9.17) is 14.2 Å². The van der Waals surface area contributed by atoms with Gasteiger partial charge in [0.15, 0.2) is 11.5 Å². The van der Waals surface area contributed by atoms with Crippen molar-refractivity contribution in [1.82, 2.24) is 19.7 Å². The van der Waals surface area contributed by atoms with Crippen molar-refractivity contribution >= 4 is 36.6 Å². The van der Waals surface area contributed by atoms with Crippen molar-refractivity contribution in [2.45, 2.75) is 59.2 Å². The summed E-state index contributed by atoms with van der Waals surface area (Å²) in [6.45, 7) is 11.6. The van der Waals surface area contributed by atoms with Crippen LogP contribution < -0.4 is 4.74 Å². The standard InChI is InChI=1S/C34H41FN4O6Si/c1-8-29(40)26-16-22(11-13-28(26)35)25-12-10-23(17-30(25)45-9-2)33(41)38(3)20-24-18-36-31(34(42)43-4)27-19-37-39(32(24)27)21-44-14-15-46(5,6)7/h10-13,16-19H,8-9,14-15,20-21H2,1-7H3. The van der Waals surface area contributed by atoms with Crippen LogP contribution in [0.15, 0.2) is 48.8 Å². The predicted molar refractivity (Wildman–Crippen MR) is 176 cm³/mol. The number of carbonyl (C=O) groups excluding carboxylic acids is 3. The number of benzene rings is 2. The number of halogens is 1. The molecule has 1 amide bonds. The van der Waals surface area contributed by atoms with Gasteiger partial charge in [0.2, 0.25) is 0 Å². The number of ketones is 1. The molecule has 0 saturated heterocycles. The van der Waals surface area contributed by atoms with Gasteiger partial charge in [-0.05, 0) is 48.9 Å². The number of amides is 1. The molecule has 0 radical (unpaired) electrons. The number of esters is 1. The first-order valence-corrected chi connectivity index (χ1v) is 18.9. The zero-order chi connectivity index (χ0) is 33.6. The van der Waals surface area contributed by atoms with Gasteiger partial charge in [0.1, 0.15) is 18.3 Å². The summed E-state index contributed by atoms with van der Waals surface area (Å²) < 4.78 is 32.8. The predicted octanol–water partition coefficient (Wildman–Crippen LogP) is 6.60. The molecule has 4 rings (SSSR count). The number of methoxy groups -OCH3 is 1. The van der Waals surface area contributed by atoms with E-state index in [-0.39, 0.29) is 42.6 Å². The third kappa shape index (κ3) is 7.86. The molecule has 0 aliphatic rings. The van der Waals surface area contributed by atoms with Gasteiger partial charge >= 0.3 is 5.97 Å². The van der Waals surface area contributed by atoms with E-state index in [1.54, 1.807) is 55.3 Å². The van der Waals surface area contributed by atoms with E-state index >= 15 is 0 Å². The van der Waals surface area contributed by atoms with Crippen molar-refractivity contribution in [3.05, 3.63) is 77.0 Å². The third-order valence-corrected chi connectivity index (χ3v) is 9.22. The van der Waals surface area contributed by atoms with Crippen molar-refractivity contribution in [2.75, 3.05) is 27.4 Å². The van der Waals surface area contributed by atoms with Crippen molar-refractivity contribution in [1.29, 1.82) is 0 Å². The maximum absolute atomic E-state index is 14.4. The Kier molecular flexibility index (Phi) is 11.1. The van der Waals surface area contributed by atoms with E-state index in [9.17, 15) is 18.8 Å². The van der Waals surface area contributed by atoms with Gasteiger partial charge in [-0.3, -0.25) is 9.59 Å². The van der Waals surface area contributed by atoms with Gasteiger partial charge in [0.05, 0.1) is 36.4 Å². The van der Waals surface area contributed by atoms with Crippen LogP contribution >= 0.6 is 0 Å². The number of Topliss-reactive ketones (excluding diaryl/α,β-unsaturated/α-hetero) is 1. The second-order valence-corrected chi connectivity index (χ2v) is 17.8. The van der Waals surface area contributed by atoms with Crippen LogP contribution in [0.5, 0.6) is 5.75 Å². The Labute approximate surface area is 269 Å². The summed E-state index contributed by atoms with van der Waals surface area (Å²) in [5.74, 6) is -1.31. The van der Waals surface area contributed by atoms with Crippen molar-refractivity contribution in [3.63, 3.8) is 0 Å². The number of rotatable bonds is 14. The highest BCUT2D eigenvalue weighted by Crippen LogP contribution is 2.33. The fraction of sp³-hybridized carbons (Fsp3) is 0.382. The number of hydrogen-bond donors (Lipinski definition) is 0. The molecule has 2 aromatic heterocycles. The number of hydrogen-bond acceptors (Lipinski definition) is 8. The van der Waals surface area contributed by atoms with Crippen LogP contribution in [0.3, 0.4) is 0 Å². The summed E-state index contributed by atoms with van der Waals surface area (Å²) in [5.41, 5.74) is 3.06. The Morgan fingerprint density at radius 1 is 1.04 bits per heavy atom. The highest BCUT2D eigenvalue weighted by atomic mass is 28.3. The van der Waals surface area contributed by atoms with Gasteiger partial charge in [0, 0.05) is 57.6 Å². The van der Waals surface area contributed by atoms with Crippen LogP contribution in [0.1, 0.15) is 57.0 Å². The summed E-state index contributed by atoms with van der Waals surface area (Å²) in [6.07, 6.45) is 3.29. The lowest BCUT2D eigenvalue weighted by molar-refractivity contribution is 0.0595. The SMILES string of the molecule is CCOc1cc(C(=O)N(C)Cc2cnc(C(=O)OC)c3cnn(COCC[Si](C)(C)C)c23)ccc1-c1ccc(F)c(C(=O)CC)c1. The Bertz CT molecular complexity index is 1750. The lowest BCUT2D eigenvalue weighted by Crippen LogP contribution is -2.27. The molecule has 0 aliphatic carbocycles. The molecule has 0 N–H and O–H groups in total. The molecule has 0 bridgehead atoms. The Hall–Kier alpha value is -4.42. The van der Waals surface area contributed by atoms with Gasteiger partial charge < -0.3 is 19.1 Å². The molecular weight excluding hydrogens is 607 g/mol. The maximum atomic E-state index is 14.4. The second-order valence-electron chi connectivity index (χ2n) is 12.2. The topological polar surface area (TPSA) is 113 Å². The first-order valence-electron chi connectivity index (χ1n) is 15.2. The molecule has 2 aromatic carbocycles. The van der Waals surface area contributed by atoms with Crippen LogP contribution in [0.4, 0.5) is 4.39 Å². The number of fused-ring (bicyclic) bond motifs is 1. The van der Waals surface area contributed by atoms with Crippen molar-refractivity contribution in [2.24, 2.45) is 0 Å². The van der Waals surface area contributed by atoms with Gasteiger partial charge in [-0.15, -0.1) is 0 Å². The summed E-state index contributed by atoms with van der Waals surface area (Å²) >= 11 is 0. The molecule has 10 nitrogen and oxygen atoms in total. The van der Waals surface area contributed by atoms with Crippen LogP contribution in [0.2, 0.25) is 25.7 Å². The van der Waals surface area contributed by atoms with Crippen molar-refractivity contribution in [3.8, 4) is 16.9 Å². The zero-order valence-corrected chi connectivity index (χ0v) is 28.5. The Morgan fingerprint density at radius 3 is 2.48 bits per heavy atom. The molecule has 0 aliphatic heterocycles. The van der Waals surface area contributed by atoms with Crippen LogP contribution in [-0.4, -0.2) is 72.8 Å². The van der Waals surface area contributed by atoms with Crippen LogP contribution in [0, 0.1) is 5.82 Å². The number of aromatic nitrogens is 3. The average Bonchev–Trinajstić information content (AvgIpc) is 3.46. The monoisotopic (exact) mass is 648 g/mol. The minimum atomic E-state index is -1.29. The first-order chi connectivity index (χ1) is 21.9. The van der Waals surface area contributed by atoms with E-state index in [2.05, 4.69) is 29.7 Å². The smallest absolute Gasteiger partial charge is 0.357 e. The van der Waals surface area contributed by atoms with E-state index in [1.165, 1.54) is 24.1 Å². The van der Waals surface area contributed by atoms with E-state index in [0.29, 0.717) is 52.1 Å². The molecule has 0 saturated carbocycles. The molecule has 0 unspecified atom stereocenters. The molecule has 0 spiro atoms. The van der Waals surface area contributed by atoms with E-state index in [0.717, 1.165) is 6.04 Å². The van der Waals surface area contributed by atoms with Crippen molar-refractivity contribution < 1.29 is 33.0 Å². The molecule has 2 heterocycles. The zero-order valence-electron chi connectivity index (χ0n) is 27.5. The van der Waals surface area contributed by atoms with Crippen LogP contribution in [0.25, 0.3) is 22.0 Å². The molecule has 0 fully saturated rings. The van der Waals surface area contributed by atoms with E-state index in [1.807, 2.05) is 6.92 Å². The third-order valence-electron chi connectivity index (χ3n) is 7.52. The molecular formula is C34H41FN4O6Si. The van der Waals surface area contributed by atoms with Gasteiger partial charge in [-0.25, -0.2) is 18.9 Å². The fourth-order valence-corrected chi connectivity index (χ4v) is 5.74. The van der Waals surface area contributed by atoms with Crippen LogP contribution in [-0.2, 0) is 22.7 Å². The number of carbonyl (C=O) groups is 3. The van der Waals surface area contributed by atoms with Gasteiger partial charge in [-0.2, -0.15) is 5.10 Å². The maximum Gasteiger partial charge on any atom is 0.357 e. The highest BCUT2D eigenvalue weighted by molar-refractivity contribution is 6.76. The molecule has 12 heteroatoms. The lowest BCUT2D eigenvalue weighted by atomic mass is 9.98. The number of pyridine rings is 1. The minimum absolute atomic E-state index is 0.0150. The summed E-state index contributed by atoms with van der Waals surface area (Å²) in [7, 11) is 1.67. The first kappa shape index (κ1) is 34.5. The molecule has 4 aromatic rings. The second kappa shape index (κ2) is 14.8. The average molecular weight is 649 g/mol. The summed E-state index contributed by atoms with van der Waals surface area (Å²) in [6, 6.07) is 10.4. The molecule has 46 heavy (non-hydrogen) atoms. The Balaban J connectivity index is 1.64. The molecule has 244 valence electrons. The normalized spacial score (nSPS) is 11.5. The molecule has 0 atom stereocenters. The number of ether oxygens (including phenoxy) is 3.